The van der Waals surface area contributed by atoms with Crippen LogP contribution in [-0.2, 0) is 10.3 Å². The summed E-state index contributed by atoms with van der Waals surface area (Å²) in [7, 11) is 0. The Labute approximate surface area is 126 Å². The predicted molar refractivity (Wildman–Crippen MR) is 78.3 cm³/mol. The monoisotopic (exact) mass is 310 g/mol. The quantitative estimate of drug-likeness (QED) is 0.867. The summed E-state index contributed by atoms with van der Waals surface area (Å²) < 4.78 is 7.50. The van der Waals surface area contributed by atoms with Crippen LogP contribution in [0.2, 0.25) is 0 Å². The van der Waals surface area contributed by atoms with Crippen LogP contribution < -0.4 is 0 Å². The topological polar surface area (TPSA) is 94.0 Å². The van der Waals surface area contributed by atoms with Crippen LogP contribution in [0.4, 0.5) is 0 Å². The Balaban J connectivity index is 2.52. The molecule has 0 saturated heterocycles. The standard InChI is InChI=1S/C13H18N4O3S/c1-7-10(20-8(2)14-7)11-15-16-12(21-6-9(18)19)17(11)13(3,4)5/h6H2,1-5H3,(H,18,19). The zero-order valence-electron chi connectivity index (χ0n) is 12.7. The molecule has 0 aliphatic carbocycles. The van der Waals surface area contributed by atoms with Gasteiger partial charge in [0.2, 0.25) is 5.82 Å². The lowest BCUT2D eigenvalue weighted by molar-refractivity contribution is -0.133. The molecular weight excluding hydrogens is 292 g/mol. The number of carbonyl (C=O) groups is 1. The zero-order valence-corrected chi connectivity index (χ0v) is 13.5. The molecule has 0 bridgehead atoms. The van der Waals surface area contributed by atoms with Crippen LogP contribution in [0.3, 0.4) is 0 Å². The molecule has 2 heterocycles. The minimum atomic E-state index is -0.892. The van der Waals surface area contributed by atoms with Crippen LogP contribution >= 0.6 is 11.8 Å². The molecule has 2 aromatic heterocycles. The highest BCUT2D eigenvalue weighted by atomic mass is 32.2. The van der Waals surface area contributed by atoms with Gasteiger partial charge in [-0.05, 0) is 27.7 Å². The molecule has 0 amide bonds. The molecule has 0 aliphatic rings. The molecule has 2 rings (SSSR count). The smallest absolute Gasteiger partial charge is 0.313 e. The summed E-state index contributed by atoms with van der Waals surface area (Å²) in [5.74, 6) is 0.732. The Morgan fingerprint density at radius 1 is 1.33 bits per heavy atom. The summed E-state index contributed by atoms with van der Waals surface area (Å²) >= 11 is 1.14. The van der Waals surface area contributed by atoms with E-state index in [1.165, 1.54) is 0 Å². The zero-order chi connectivity index (χ0) is 15.8. The predicted octanol–water partition coefficient (Wildman–Crippen LogP) is 2.48. The van der Waals surface area contributed by atoms with Crippen molar-refractivity contribution in [2.24, 2.45) is 0 Å². The van der Waals surface area contributed by atoms with E-state index in [-0.39, 0.29) is 11.3 Å². The molecule has 0 radical (unpaired) electrons. The van der Waals surface area contributed by atoms with E-state index < -0.39 is 5.97 Å². The Morgan fingerprint density at radius 2 is 2.00 bits per heavy atom. The van der Waals surface area contributed by atoms with Crippen molar-refractivity contribution in [1.29, 1.82) is 0 Å². The van der Waals surface area contributed by atoms with Crippen molar-refractivity contribution in [2.75, 3.05) is 5.75 Å². The number of carboxylic acid groups (broad SMARTS) is 1. The van der Waals surface area contributed by atoms with Crippen LogP contribution in [0.1, 0.15) is 32.4 Å². The lowest BCUT2D eigenvalue weighted by Crippen LogP contribution is -2.24. The summed E-state index contributed by atoms with van der Waals surface area (Å²) in [6.07, 6.45) is 0. The van der Waals surface area contributed by atoms with Crippen molar-refractivity contribution in [3.8, 4) is 11.6 Å². The fourth-order valence-corrected chi connectivity index (χ4v) is 2.82. The molecule has 8 heteroatoms. The highest BCUT2D eigenvalue weighted by molar-refractivity contribution is 7.99. The van der Waals surface area contributed by atoms with Crippen molar-refractivity contribution in [2.45, 2.75) is 45.3 Å². The molecule has 7 nitrogen and oxygen atoms in total. The van der Waals surface area contributed by atoms with Crippen LogP contribution in [-0.4, -0.2) is 36.6 Å². The first-order valence-electron chi connectivity index (χ1n) is 6.45. The summed E-state index contributed by atoms with van der Waals surface area (Å²) in [4.78, 5) is 15.0. The van der Waals surface area contributed by atoms with Gasteiger partial charge in [0.05, 0.1) is 11.4 Å². The lowest BCUT2D eigenvalue weighted by atomic mass is 10.1. The molecule has 0 unspecified atom stereocenters. The second kappa shape index (κ2) is 5.51. The van der Waals surface area contributed by atoms with Crippen LogP contribution in [0, 0.1) is 13.8 Å². The minimum absolute atomic E-state index is 0.0668. The van der Waals surface area contributed by atoms with Gasteiger partial charge in [0.25, 0.3) is 0 Å². The molecule has 2 aromatic rings. The van der Waals surface area contributed by atoms with Crippen molar-refractivity contribution >= 4 is 17.7 Å². The van der Waals surface area contributed by atoms with E-state index in [9.17, 15) is 4.79 Å². The second-order valence-corrected chi connectivity index (χ2v) is 6.58. The Bertz CT molecular complexity index is 669. The summed E-state index contributed by atoms with van der Waals surface area (Å²) in [6.45, 7) is 9.63. The van der Waals surface area contributed by atoms with Crippen molar-refractivity contribution in [3.63, 3.8) is 0 Å². The van der Waals surface area contributed by atoms with Crippen LogP contribution in [0.5, 0.6) is 0 Å². The van der Waals surface area contributed by atoms with Gasteiger partial charge in [-0.15, -0.1) is 10.2 Å². The number of aryl methyl sites for hydroxylation is 2. The minimum Gasteiger partial charge on any atom is -0.481 e. The van der Waals surface area contributed by atoms with Gasteiger partial charge in [-0.1, -0.05) is 11.8 Å². The molecule has 21 heavy (non-hydrogen) atoms. The first-order valence-corrected chi connectivity index (χ1v) is 7.43. The van der Waals surface area contributed by atoms with Gasteiger partial charge >= 0.3 is 5.97 Å². The summed E-state index contributed by atoms with van der Waals surface area (Å²) in [5.41, 5.74) is 0.424. The molecule has 1 N–H and O–H groups in total. The number of hydrogen-bond donors (Lipinski definition) is 1. The Morgan fingerprint density at radius 3 is 2.48 bits per heavy atom. The van der Waals surface area contributed by atoms with Gasteiger partial charge < -0.3 is 9.52 Å². The number of oxazole rings is 1. The summed E-state index contributed by atoms with van der Waals surface area (Å²) in [6, 6.07) is 0. The number of rotatable bonds is 4. The number of thioether (sulfide) groups is 1. The van der Waals surface area contributed by atoms with Gasteiger partial charge in [0, 0.05) is 12.5 Å². The van der Waals surface area contributed by atoms with Gasteiger partial charge in [0.1, 0.15) is 0 Å². The highest BCUT2D eigenvalue weighted by Gasteiger charge is 2.27. The largest absolute Gasteiger partial charge is 0.481 e. The summed E-state index contributed by atoms with van der Waals surface area (Å²) in [5, 5.41) is 17.7. The molecule has 0 atom stereocenters. The van der Waals surface area contributed by atoms with Crippen molar-refractivity contribution in [3.05, 3.63) is 11.6 Å². The molecule has 0 aliphatic heterocycles. The maximum Gasteiger partial charge on any atom is 0.313 e. The second-order valence-electron chi connectivity index (χ2n) is 5.64. The number of hydrogen-bond acceptors (Lipinski definition) is 6. The van der Waals surface area contributed by atoms with Crippen molar-refractivity contribution < 1.29 is 14.3 Å². The lowest BCUT2D eigenvalue weighted by Gasteiger charge is -2.24. The van der Waals surface area contributed by atoms with E-state index in [2.05, 4.69) is 15.2 Å². The Hall–Kier alpha value is -1.83. The van der Waals surface area contributed by atoms with Crippen LogP contribution in [0.25, 0.3) is 11.6 Å². The maximum atomic E-state index is 10.8. The highest BCUT2D eigenvalue weighted by Crippen LogP contribution is 2.32. The number of aliphatic carboxylic acids is 1. The molecule has 0 saturated carbocycles. The van der Waals surface area contributed by atoms with E-state index in [1.54, 1.807) is 6.92 Å². The SMILES string of the molecule is Cc1nc(C)c(-c2nnc(SCC(=O)O)n2C(C)(C)C)o1. The van der Waals surface area contributed by atoms with Crippen molar-refractivity contribution in [1.82, 2.24) is 19.7 Å². The first kappa shape index (κ1) is 15.6. The van der Waals surface area contributed by atoms with E-state index in [4.69, 9.17) is 9.52 Å². The first-order chi connectivity index (χ1) is 9.70. The fraction of sp³-hybridized carbons (Fsp3) is 0.538. The fourth-order valence-electron chi connectivity index (χ4n) is 1.98. The molecule has 0 aromatic carbocycles. The third-order valence-corrected chi connectivity index (χ3v) is 3.65. The number of aromatic nitrogens is 4. The third kappa shape index (κ3) is 3.26. The van der Waals surface area contributed by atoms with Gasteiger partial charge in [-0.25, -0.2) is 4.98 Å². The molecule has 114 valence electrons. The number of carboxylic acids is 1. The molecular formula is C13H18N4O3S. The van der Waals surface area contributed by atoms with E-state index in [0.29, 0.717) is 22.6 Å². The van der Waals surface area contributed by atoms with Gasteiger partial charge in [-0.3, -0.25) is 9.36 Å². The van der Waals surface area contributed by atoms with E-state index in [1.807, 2.05) is 32.3 Å². The molecule has 0 fully saturated rings. The normalized spacial score (nSPS) is 11.9. The average molecular weight is 310 g/mol. The van der Waals surface area contributed by atoms with Crippen LogP contribution in [0.15, 0.2) is 9.57 Å². The van der Waals surface area contributed by atoms with Gasteiger partial charge in [-0.2, -0.15) is 0 Å². The van der Waals surface area contributed by atoms with Gasteiger partial charge in [0.15, 0.2) is 16.8 Å². The molecule has 0 spiro atoms. The third-order valence-electron chi connectivity index (χ3n) is 2.74. The maximum absolute atomic E-state index is 10.8. The Kier molecular flexibility index (Phi) is 4.08. The average Bonchev–Trinajstić information content (AvgIpc) is 2.88. The van der Waals surface area contributed by atoms with E-state index in [0.717, 1.165) is 17.5 Å². The van der Waals surface area contributed by atoms with E-state index >= 15 is 0 Å². The number of nitrogens with zero attached hydrogens (tertiary/aromatic N) is 4.